The van der Waals surface area contributed by atoms with Crippen molar-refractivity contribution in [3.05, 3.63) is 48.6 Å². The van der Waals surface area contributed by atoms with Crippen molar-refractivity contribution >= 4 is 11.9 Å². The molecule has 8 nitrogen and oxygen atoms in total. The van der Waals surface area contributed by atoms with Crippen LogP contribution in [0, 0.1) is 5.92 Å². The molecular weight excluding hydrogens is 344 g/mol. The molecule has 0 atom stereocenters. The number of carbonyl (C=O) groups excluding carboxylic acids is 1. The van der Waals surface area contributed by atoms with Crippen molar-refractivity contribution in [3.63, 3.8) is 0 Å². The number of hydrogen-bond acceptors (Lipinski definition) is 6. The molecule has 0 saturated carbocycles. The molecule has 0 radical (unpaired) electrons. The van der Waals surface area contributed by atoms with E-state index in [9.17, 15) is 4.79 Å². The molecular formula is C19H22N6O2. The summed E-state index contributed by atoms with van der Waals surface area (Å²) in [5.41, 5.74) is 0.767. The zero-order chi connectivity index (χ0) is 18.6. The van der Waals surface area contributed by atoms with Crippen LogP contribution in [-0.4, -0.2) is 45.8 Å². The van der Waals surface area contributed by atoms with Gasteiger partial charge in [-0.1, -0.05) is 6.07 Å². The van der Waals surface area contributed by atoms with Crippen LogP contribution in [0.1, 0.15) is 18.6 Å². The fourth-order valence-corrected chi connectivity index (χ4v) is 3.46. The van der Waals surface area contributed by atoms with Gasteiger partial charge < -0.3 is 14.6 Å². The highest BCUT2D eigenvalue weighted by atomic mass is 16.3. The number of nitrogens with zero attached hydrogens (tertiary/aromatic N) is 5. The van der Waals surface area contributed by atoms with E-state index in [1.54, 1.807) is 19.5 Å². The van der Waals surface area contributed by atoms with Crippen molar-refractivity contribution in [2.24, 2.45) is 5.92 Å². The number of aromatic nitrogens is 4. The second-order valence-electron chi connectivity index (χ2n) is 6.58. The van der Waals surface area contributed by atoms with E-state index in [2.05, 4.69) is 25.4 Å². The van der Waals surface area contributed by atoms with Gasteiger partial charge in [-0.05, 0) is 37.1 Å². The molecule has 4 rings (SSSR count). The Morgan fingerprint density at radius 1 is 1.22 bits per heavy atom. The van der Waals surface area contributed by atoms with Gasteiger partial charge in [0, 0.05) is 32.3 Å². The van der Waals surface area contributed by atoms with Gasteiger partial charge >= 0.3 is 0 Å². The van der Waals surface area contributed by atoms with Crippen LogP contribution in [0.5, 0.6) is 0 Å². The molecule has 27 heavy (non-hydrogen) atoms. The van der Waals surface area contributed by atoms with Gasteiger partial charge in [-0.3, -0.25) is 14.3 Å². The van der Waals surface area contributed by atoms with Crippen LogP contribution in [0.15, 0.2) is 47.2 Å². The molecule has 0 spiro atoms. The molecule has 140 valence electrons. The molecule has 1 fully saturated rings. The fraction of sp³-hybridized carbons (Fsp3) is 0.368. The van der Waals surface area contributed by atoms with Gasteiger partial charge in [-0.2, -0.15) is 0 Å². The minimum Gasteiger partial charge on any atom is -0.467 e. The van der Waals surface area contributed by atoms with Gasteiger partial charge in [0.15, 0.2) is 5.82 Å². The maximum atomic E-state index is 11.9. The molecule has 8 heteroatoms. The third-order valence-corrected chi connectivity index (χ3v) is 4.91. The van der Waals surface area contributed by atoms with Crippen LogP contribution in [-0.2, 0) is 11.3 Å². The Morgan fingerprint density at radius 2 is 2.07 bits per heavy atom. The Hall–Kier alpha value is -3.16. The number of hydrogen-bond donors (Lipinski definition) is 1. The van der Waals surface area contributed by atoms with Crippen molar-refractivity contribution in [3.8, 4) is 11.5 Å². The molecule has 0 aliphatic carbocycles. The first-order valence-electron chi connectivity index (χ1n) is 9.10. The summed E-state index contributed by atoms with van der Waals surface area (Å²) in [6, 6.07) is 9.53. The molecule has 4 heterocycles. The largest absolute Gasteiger partial charge is 0.467 e. The number of pyridine rings is 1. The summed E-state index contributed by atoms with van der Waals surface area (Å²) in [6.45, 7) is 2.05. The summed E-state index contributed by atoms with van der Waals surface area (Å²) in [6.07, 6.45) is 5.00. The predicted octanol–water partition coefficient (Wildman–Crippen LogP) is 1.94. The summed E-state index contributed by atoms with van der Waals surface area (Å²) in [5.74, 6) is 2.48. The smallest absolute Gasteiger partial charge is 0.227 e. The zero-order valence-corrected chi connectivity index (χ0v) is 15.2. The molecule has 3 aromatic heterocycles. The summed E-state index contributed by atoms with van der Waals surface area (Å²) in [7, 11) is 1.69. The number of carbonyl (C=O) groups is 1. The average molecular weight is 366 g/mol. The van der Waals surface area contributed by atoms with Gasteiger partial charge in [-0.15, -0.1) is 10.2 Å². The number of rotatable bonds is 5. The second-order valence-corrected chi connectivity index (χ2v) is 6.58. The Labute approximate surface area is 157 Å². The maximum Gasteiger partial charge on any atom is 0.227 e. The molecule has 0 bridgehead atoms. The van der Waals surface area contributed by atoms with Gasteiger partial charge in [0.05, 0.1) is 12.8 Å². The number of piperidine rings is 1. The Kier molecular flexibility index (Phi) is 4.86. The first-order chi connectivity index (χ1) is 13.3. The van der Waals surface area contributed by atoms with E-state index >= 15 is 0 Å². The second kappa shape index (κ2) is 7.61. The van der Waals surface area contributed by atoms with Crippen molar-refractivity contribution < 1.29 is 9.21 Å². The normalized spacial score (nSPS) is 15.1. The average Bonchev–Trinajstić information content (AvgIpc) is 3.39. The van der Waals surface area contributed by atoms with Crippen molar-refractivity contribution in [2.75, 3.05) is 25.0 Å². The molecule has 0 aromatic carbocycles. The number of anilines is 1. The van der Waals surface area contributed by atoms with Crippen LogP contribution in [0.25, 0.3) is 11.5 Å². The third-order valence-electron chi connectivity index (χ3n) is 4.91. The van der Waals surface area contributed by atoms with E-state index in [1.165, 1.54) is 0 Å². The number of furan rings is 1. The third kappa shape index (κ3) is 3.55. The highest BCUT2D eigenvalue weighted by Gasteiger charge is 2.28. The highest BCUT2D eigenvalue weighted by Crippen LogP contribution is 2.26. The Balaban J connectivity index is 1.63. The Morgan fingerprint density at radius 3 is 2.74 bits per heavy atom. The topological polar surface area (TPSA) is 89.1 Å². The van der Waals surface area contributed by atoms with E-state index in [1.807, 2.05) is 34.9 Å². The maximum absolute atomic E-state index is 11.9. The lowest BCUT2D eigenvalue weighted by Crippen LogP contribution is -2.40. The number of amides is 1. The molecule has 1 aliphatic rings. The molecule has 1 aliphatic heterocycles. The summed E-state index contributed by atoms with van der Waals surface area (Å²) in [5, 5.41) is 11.6. The monoisotopic (exact) mass is 366 g/mol. The summed E-state index contributed by atoms with van der Waals surface area (Å²) < 4.78 is 7.56. The number of nitrogens with one attached hydrogen (secondary N) is 1. The summed E-state index contributed by atoms with van der Waals surface area (Å²) in [4.78, 5) is 18.5. The zero-order valence-electron chi connectivity index (χ0n) is 15.2. The van der Waals surface area contributed by atoms with Crippen LogP contribution in [0.4, 0.5) is 5.95 Å². The van der Waals surface area contributed by atoms with Crippen LogP contribution in [0.2, 0.25) is 0 Å². The molecule has 1 amide bonds. The van der Waals surface area contributed by atoms with Crippen LogP contribution < -0.4 is 10.2 Å². The van der Waals surface area contributed by atoms with Crippen molar-refractivity contribution in [2.45, 2.75) is 19.4 Å². The molecule has 0 unspecified atom stereocenters. The first-order valence-corrected chi connectivity index (χ1v) is 9.10. The minimum atomic E-state index is 0.0583. The van der Waals surface area contributed by atoms with E-state index in [4.69, 9.17) is 4.42 Å². The van der Waals surface area contributed by atoms with E-state index in [-0.39, 0.29) is 11.8 Å². The van der Waals surface area contributed by atoms with Gasteiger partial charge in [0.25, 0.3) is 0 Å². The van der Waals surface area contributed by atoms with Crippen molar-refractivity contribution in [1.29, 1.82) is 0 Å². The van der Waals surface area contributed by atoms with E-state index in [0.717, 1.165) is 43.3 Å². The lowest BCUT2D eigenvalue weighted by atomic mass is 9.96. The van der Waals surface area contributed by atoms with Crippen molar-refractivity contribution in [1.82, 2.24) is 25.1 Å². The van der Waals surface area contributed by atoms with Gasteiger partial charge in [0.2, 0.25) is 11.9 Å². The van der Waals surface area contributed by atoms with Gasteiger partial charge in [-0.25, -0.2) is 0 Å². The Bertz CT molecular complexity index is 882. The minimum absolute atomic E-state index is 0.0583. The summed E-state index contributed by atoms with van der Waals surface area (Å²) >= 11 is 0. The van der Waals surface area contributed by atoms with Crippen LogP contribution >= 0.6 is 0 Å². The first kappa shape index (κ1) is 17.3. The highest BCUT2D eigenvalue weighted by molar-refractivity contribution is 5.78. The predicted molar refractivity (Wildman–Crippen MR) is 100 cm³/mol. The van der Waals surface area contributed by atoms with E-state index < -0.39 is 0 Å². The standard InChI is InChI=1S/C19H22N6O2/c1-20-18(26)14-7-10-24(11-8-14)19-23-22-17(16-6-2-3-9-21-16)25(19)13-15-5-4-12-27-15/h2-6,9,12,14H,7-8,10-11,13H2,1H3,(H,20,26). The molecule has 3 aromatic rings. The molecule has 1 saturated heterocycles. The van der Waals surface area contributed by atoms with Gasteiger partial charge in [0.1, 0.15) is 11.5 Å². The lowest BCUT2D eigenvalue weighted by Gasteiger charge is -2.31. The van der Waals surface area contributed by atoms with E-state index in [0.29, 0.717) is 12.4 Å². The fourth-order valence-electron chi connectivity index (χ4n) is 3.46. The quantitative estimate of drug-likeness (QED) is 0.742. The van der Waals surface area contributed by atoms with Crippen LogP contribution in [0.3, 0.4) is 0 Å². The molecule has 1 N–H and O–H groups in total. The lowest BCUT2D eigenvalue weighted by molar-refractivity contribution is -0.125. The SMILES string of the molecule is CNC(=O)C1CCN(c2nnc(-c3ccccn3)n2Cc2ccco2)CC1.